The van der Waals surface area contributed by atoms with Gasteiger partial charge in [0.25, 0.3) is 5.91 Å². The highest BCUT2D eigenvalue weighted by Crippen LogP contribution is 2.17. The molecule has 1 amide bonds. The minimum absolute atomic E-state index is 0.00219. The van der Waals surface area contributed by atoms with Gasteiger partial charge in [-0.25, -0.2) is 5.84 Å². The van der Waals surface area contributed by atoms with E-state index in [1.807, 2.05) is 6.92 Å². The first-order valence-corrected chi connectivity index (χ1v) is 6.19. The molecule has 2 unspecified atom stereocenters. The summed E-state index contributed by atoms with van der Waals surface area (Å²) >= 11 is 0. The molecule has 0 saturated carbocycles. The zero-order valence-corrected chi connectivity index (χ0v) is 10.8. The maximum absolute atomic E-state index is 11.3. The Bertz CT molecular complexity index is 434. The quantitative estimate of drug-likeness (QED) is 0.386. The van der Waals surface area contributed by atoms with Gasteiger partial charge in [0.05, 0.1) is 31.4 Å². The van der Waals surface area contributed by atoms with Crippen LogP contribution < -0.4 is 11.3 Å². The number of nitrogens with two attached hydrogens (primary N) is 1. The van der Waals surface area contributed by atoms with Crippen molar-refractivity contribution in [3.8, 4) is 0 Å². The third kappa shape index (κ3) is 3.32. The molecule has 106 valence electrons. The van der Waals surface area contributed by atoms with Crippen LogP contribution in [0.2, 0.25) is 0 Å². The number of amides is 1. The fourth-order valence-electron chi connectivity index (χ4n) is 2.07. The SMILES string of the molecule is CC1COC(CO)CN1Cc1cc(C(=O)NN)co1. The second-order valence-electron chi connectivity index (χ2n) is 4.69. The summed E-state index contributed by atoms with van der Waals surface area (Å²) in [6.45, 7) is 3.82. The standard InChI is InChI=1S/C12H19N3O4/c1-8-6-18-11(5-16)4-15(8)3-10-2-9(7-19-10)12(17)14-13/h2,7-8,11,16H,3-6,13H2,1H3,(H,14,17). The van der Waals surface area contributed by atoms with Crippen molar-refractivity contribution in [2.75, 3.05) is 19.8 Å². The van der Waals surface area contributed by atoms with Crippen molar-refractivity contribution in [2.45, 2.75) is 25.6 Å². The number of carbonyl (C=O) groups excluding carboxylic acids is 1. The fourth-order valence-corrected chi connectivity index (χ4v) is 2.07. The van der Waals surface area contributed by atoms with Crippen LogP contribution in [0.4, 0.5) is 0 Å². The molecule has 7 heteroatoms. The average Bonchev–Trinajstić information content (AvgIpc) is 2.89. The molecule has 1 saturated heterocycles. The average molecular weight is 269 g/mol. The van der Waals surface area contributed by atoms with E-state index in [9.17, 15) is 4.79 Å². The number of morpholine rings is 1. The predicted molar refractivity (Wildman–Crippen MR) is 67.1 cm³/mol. The number of nitrogens with one attached hydrogen (secondary N) is 1. The summed E-state index contributed by atoms with van der Waals surface area (Å²) in [4.78, 5) is 13.5. The van der Waals surface area contributed by atoms with Gasteiger partial charge in [0.1, 0.15) is 12.0 Å². The Morgan fingerprint density at radius 1 is 1.68 bits per heavy atom. The number of aliphatic hydroxyl groups excluding tert-OH is 1. The minimum atomic E-state index is -0.377. The number of hydrogen-bond donors (Lipinski definition) is 3. The largest absolute Gasteiger partial charge is 0.467 e. The lowest BCUT2D eigenvalue weighted by Gasteiger charge is -2.36. The molecule has 0 spiro atoms. The van der Waals surface area contributed by atoms with Gasteiger partial charge in [-0.15, -0.1) is 0 Å². The van der Waals surface area contributed by atoms with Crippen molar-refractivity contribution in [3.05, 3.63) is 23.7 Å². The van der Waals surface area contributed by atoms with Crippen molar-refractivity contribution in [3.63, 3.8) is 0 Å². The Labute approximate surface area is 111 Å². The van der Waals surface area contributed by atoms with Gasteiger partial charge in [-0.2, -0.15) is 0 Å². The van der Waals surface area contributed by atoms with Crippen molar-refractivity contribution in [1.29, 1.82) is 0 Å². The molecule has 0 radical (unpaired) electrons. The van der Waals surface area contributed by atoms with Gasteiger partial charge in [-0.3, -0.25) is 15.1 Å². The van der Waals surface area contributed by atoms with E-state index in [-0.39, 0.29) is 24.7 Å². The van der Waals surface area contributed by atoms with Crippen LogP contribution in [0.15, 0.2) is 16.7 Å². The summed E-state index contributed by atoms with van der Waals surface area (Å²) in [5, 5.41) is 9.13. The molecule has 1 fully saturated rings. The Morgan fingerprint density at radius 2 is 2.47 bits per heavy atom. The van der Waals surface area contributed by atoms with Crippen LogP contribution >= 0.6 is 0 Å². The Balaban J connectivity index is 1.99. The van der Waals surface area contributed by atoms with Crippen LogP contribution in [0, 0.1) is 0 Å². The van der Waals surface area contributed by atoms with E-state index in [4.69, 9.17) is 20.1 Å². The summed E-state index contributed by atoms with van der Waals surface area (Å²) in [5.74, 6) is 5.37. The van der Waals surface area contributed by atoms with Crippen LogP contribution in [-0.4, -0.2) is 47.8 Å². The van der Waals surface area contributed by atoms with Gasteiger partial charge < -0.3 is 14.3 Å². The molecule has 2 rings (SSSR count). The summed E-state index contributed by atoms with van der Waals surface area (Å²) < 4.78 is 10.8. The van der Waals surface area contributed by atoms with E-state index in [1.54, 1.807) is 6.07 Å². The van der Waals surface area contributed by atoms with Gasteiger partial charge in [0, 0.05) is 12.6 Å². The third-order valence-corrected chi connectivity index (χ3v) is 3.24. The summed E-state index contributed by atoms with van der Waals surface area (Å²) in [6.07, 6.45) is 1.21. The molecule has 0 aromatic carbocycles. The first-order valence-electron chi connectivity index (χ1n) is 6.19. The molecule has 1 aromatic heterocycles. The monoisotopic (exact) mass is 269 g/mol. The molecule has 4 N–H and O–H groups in total. The van der Waals surface area contributed by atoms with Crippen LogP contribution in [0.25, 0.3) is 0 Å². The molecule has 2 atom stereocenters. The second kappa shape index (κ2) is 6.16. The van der Waals surface area contributed by atoms with E-state index in [1.165, 1.54) is 6.26 Å². The molecule has 2 heterocycles. The van der Waals surface area contributed by atoms with Gasteiger partial charge in [-0.05, 0) is 13.0 Å². The van der Waals surface area contributed by atoms with E-state index >= 15 is 0 Å². The normalized spacial score (nSPS) is 24.4. The van der Waals surface area contributed by atoms with Crippen molar-refractivity contribution in [1.82, 2.24) is 10.3 Å². The van der Waals surface area contributed by atoms with E-state index in [2.05, 4.69) is 10.3 Å². The Hall–Kier alpha value is -1.41. The number of aliphatic hydroxyl groups is 1. The molecule has 0 aliphatic carbocycles. The maximum Gasteiger partial charge on any atom is 0.268 e. The predicted octanol–water partition coefficient (Wildman–Crippen LogP) is -0.535. The molecule has 0 bridgehead atoms. The van der Waals surface area contributed by atoms with Crippen molar-refractivity contribution >= 4 is 5.91 Å². The second-order valence-corrected chi connectivity index (χ2v) is 4.69. The molecular formula is C12H19N3O4. The highest BCUT2D eigenvalue weighted by Gasteiger charge is 2.26. The lowest BCUT2D eigenvalue weighted by molar-refractivity contribution is -0.0820. The van der Waals surface area contributed by atoms with E-state index < -0.39 is 0 Å². The number of hydrogen-bond acceptors (Lipinski definition) is 6. The summed E-state index contributed by atoms with van der Waals surface area (Å²) in [7, 11) is 0. The lowest BCUT2D eigenvalue weighted by atomic mass is 10.2. The Morgan fingerprint density at radius 3 is 3.16 bits per heavy atom. The highest BCUT2D eigenvalue weighted by molar-refractivity contribution is 5.93. The van der Waals surface area contributed by atoms with Crippen LogP contribution in [-0.2, 0) is 11.3 Å². The third-order valence-electron chi connectivity index (χ3n) is 3.24. The number of rotatable bonds is 4. The maximum atomic E-state index is 11.3. The number of nitrogens with zero attached hydrogens (tertiary/aromatic N) is 1. The van der Waals surface area contributed by atoms with Gasteiger partial charge >= 0.3 is 0 Å². The molecule has 1 aliphatic heterocycles. The molecule has 1 aromatic rings. The highest BCUT2D eigenvalue weighted by atomic mass is 16.5. The van der Waals surface area contributed by atoms with Gasteiger partial charge in [0.2, 0.25) is 0 Å². The summed E-state index contributed by atoms with van der Waals surface area (Å²) in [5.41, 5.74) is 2.46. The van der Waals surface area contributed by atoms with Gasteiger partial charge in [-0.1, -0.05) is 0 Å². The number of hydrazine groups is 1. The van der Waals surface area contributed by atoms with Crippen LogP contribution in [0.1, 0.15) is 23.0 Å². The molecular weight excluding hydrogens is 250 g/mol. The first-order chi connectivity index (χ1) is 9.13. The molecule has 7 nitrogen and oxygen atoms in total. The van der Waals surface area contributed by atoms with Crippen molar-refractivity contribution < 1.29 is 19.1 Å². The zero-order chi connectivity index (χ0) is 13.8. The summed E-state index contributed by atoms with van der Waals surface area (Å²) in [6, 6.07) is 1.90. The first kappa shape index (κ1) is 14.0. The molecule has 1 aliphatic rings. The van der Waals surface area contributed by atoms with E-state index in [0.29, 0.717) is 31.0 Å². The lowest BCUT2D eigenvalue weighted by Crippen LogP contribution is -2.48. The Kier molecular flexibility index (Phi) is 4.54. The van der Waals surface area contributed by atoms with Gasteiger partial charge in [0.15, 0.2) is 0 Å². The fraction of sp³-hybridized carbons (Fsp3) is 0.583. The van der Waals surface area contributed by atoms with Crippen molar-refractivity contribution in [2.24, 2.45) is 5.84 Å². The zero-order valence-electron chi connectivity index (χ0n) is 10.8. The van der Waals surface area contributed by atoms with Crippen LogP contribution in [0.5, 0.6) is 0 Å². The molecule has 19 heavy (non-hydrogen) atoms. The minimum Gasteiger partial charge on any atom is -0.467 e. The number of nitrogen functional groups attached to an aromatic ring is 1. The number of furan rings is 1. The topological polar surface area (TPSA) is 101 Å². The van der Waals surface area contributed by atoms with Crippen LogP contribution in [0.3, 0.4) is 0 Å². The number of carbonyl (C=O) groups is 1. The number of ether oxygens (including phenoxy) is 1. The smallest absolute Gasteiger partial charge is 0.268 e. The van der Waals surface area contributed by atoms with E-state index in [0.717, 1.165) is 0 Å².